The van der Waals surface area contributed by atoms with Gasteiger partial charge >= 0.3 is 0 Å². The molecule has 1 aromatic carbocycles. The molecular weight excluding hydrogens is 246 g/mol. The van der Waals surface area contributed by atoms with Crippen molar-refractivity contribution >= 4 is 10.9 Å². The molecule has 1 saturated carbocycles. The van der Waals surface area contributed by atoms with Gasteiger partial charge in [-0.15, -0.1) is 0 Å². The van der Waals surface area contributed by atoms with Crippen molar-refractivity contribution in [1.82, 2.24) is 4.98 Å². The molecule has 3 unspecified atom stereocenters. The Hall–Kier alpha value is -1.28. The zero-order valence-corrected chi connectivity index (χ0v) is 12.7. The van der Waals surface area contributed by atoms with E-state index in [9.17, 15) is 5.11 Å². The molecule has 1 aliphatic rings. The maximum absolute atomic E-state index is 11.5. The van der Waals surface area contributed by atoms with Crippen molar-refractivity contribution in [2.75, 3.05) is 0 Å². The fourth-order valence-electron chi connectivity index (χ4n) is 4.14. The Bertz CT molecular complexity index is 600. The first kappa shape index (κ1) is 13.7. The first-order chi connectivity index (χ1) is 9.52. The number of hydrogen-bond acceptors (Lipinski definition) is 1. The minimum absolute atomic E-state index is 0.346. The van der Waals surface area contributed by atoms with Crippen LogP contribution in [0.1, 0.15) is 45.6 Å². The third kappa shape index (κ3) is 2.07. The van der Waals surface area contributed by atoms with E-state index in [-0.39, 0.29) is 0 Å². The second kappa shape index (κ2) is 4.92. The van der Waals surface area contributed by atoms with Crippen LogP contribution in [0.2, 0.25) is 0 Å². The van der Waals surface area contributed by atoms with Crippen LogP contribution in [0.4, 0.5) is 0 Å². The van der Waals surface area contributed by atoms with Crippen LogP contribution in [-0.2, 0) is 5.60 Å². The summed E-state index contributed by atoms with van der Waals surface area (Å²) in [4.78, 5) is 3.26. The highest BCUT2D eigenvalue weighted by molar-refractivity contribution is 5.83. The first-order valence-corrected chi connectivity index (χ1v) is 7.81. The molecular formula is C18H25NO. The molecule has 2 nitrogen and oxygen atoms in total. The molecule has 2 aromatic rings. The van der Waals surface area contributed by atoms with Crippen molar-refractivity contribution in [2.24, 2.45) is 17.8 Å². The summed E-state index contributed by atoms with van der Waals surface area (Å²) in [6.45, 7) is 6.74. The van der Waals surface area contributed by atoms with E-state index in [1.807, 2.05) is 6.20 Å². The summed E-state index contributed by atoms with van der Waals surface area (Å²) < 4.78 is 0. The number of nitrogens with one attached hydrogen (secondary N) is 1. The largest absolute Gasteiger partial charge is 0.385 e. The number of rotatable bonds is 2. The number of H-pyrrole nitrogens is 1. The smallest absolute Gasteiger partial charge is 0.0936 e. The van der Waals surface area contributed by atoms with Crippen LogP contribution in [0.25, 0.3) is 10.9 Å². The second-order valence-electron chi connectivity index (χ2n) is 6.91. The number of aliphatic hydroxyl groups is 1. The number of aromatic amines is 1. The lowest BCUT2D eigenvalue weighted by molar-refractivity contribution is -0.0854. The molecule has 1 aromatic heterocycles. The molecule has 0 spiro atoms. The van der Waals surface area contributed by atoms with Gasteiger partial charge in [0.2, 0.25) is 0 Å². The summed E-state index contributed by atoms with van der Waals surface area (Å²) >= 11 is 0. The van der Waals surface area contributed by atoms with Crippen molar-refractivity contribution < 1.29 is 5.11 Å². The fourth-order valence-corrected chi connectivity index (χ4v) is 4.14. The number of aromatic nitrogens is 1. The van der Waals surface area contributed by atoms with E-state index in [1.54, 1.807) is 0 Å². The maximum Gasteiger partial charge on any atom is 0.0936 e. The van der Waals surface area contributed by atoms with Gasteiger partial charge in [0.15, 0.2) is 0 Å². The van der Waals surface area contributed by atoms with Gasteiger partial charge < -0.3 is 10.1 Å². The molecule has 1 aliphatic carbocycles. The Morgan fingerprint density at radius 2 is 2.05 bits per heavy atom. The summed E-state index contributed by atoms with van der Waals surface area (Å²) in [5, 5.41) is 12.7. The van der Waals surface area contributed by atoms with Crippen LogP contribution in [0.5, 0.6) is 0 Å². The third-order valence-corrected chi connectivity index (χ3v) is 5.11. The molecule has 1 heterocycles. The lowest BCUT2D eigenvalue weighted by atomic mass is 9.64. The number of hydrogen-bond donors (Lipinski definition) is 2. The predicted molar refractivity (Wildman–Crippen MR) is 83.5 cm³/mol. The van der Waals surface area contributed by atoms with Gasteiger partial charge in [-0.1, -0.05) is 39.3 Å². The summed E-state index contributed by atoms with van der Waals surface area (Å²) in [5.74, 6) is 1.44. The highest BCUT2D eigenvalue weighted by atomic mass is 16.3. The topological polar surface area (TPSA) is 36.0 Å². The molecule has 3 atom stereocenters. The van der Waals surface area contributed by atoms with Crippen molar-refractivity contribution in [3.8, 4) is 0 Å². The summed E-state index contributed by atoms with van der Waals surface area (Å²) in [6.07, 6.45) is 5.19. The van der Waals surface area contributed by atoms with Gasteiger partial charge in [0.05, 0.1) is 5.60 Å². The molecule has 0 saturated heterocycles. The Balaban J connectivity index is 2.14. The molecule has 0 bridgehead atoms. The van der Waals surface area contributed by atoms with Gasteiger partial charge in [-0.3, -0.25) is 0 Å². The molecule has 3 rings (SSSR count). The highest BCUT2D eigenvalue weighted by Crippen LogP contribution is 2.48. The van der Waals surface area contributed by atoms with E-state index >= 15 is 0 Å². The van der Waals surface area contributed by atoms with Crippen LogP contribution >= 0.6 is 0 Å². The fraction of sp³-hybridized carbons (Fsp3) is 0.556. The van der Waals surface area contributed by atoms with Crippen molar-refractivity contribution in [2.45, 2.75) is 45.6 Å². The maximum atomic E-state index is 11.5. The van der Waals surface area contributed by atoms with Gasteiger partial charge in [0.25, 0.3) is 0 Å². The van der Waals surface area contributed by atoms with E-state index in [2.05, 4.69) is 50.0 Å². The van der Waals surface area contributed by atoms with Crippen LogP contribution in [0, 0.1) is 17.8 Å². The lowest BCUT2D eigenvalue weighted by Gasteiger charge is -2.45. The van der Waals surface area contributed by atoms with Crippen LogP contribution in [-0.4, -0.2) is 10.1 Å². The summed E-state index contributed by atoms with van der Waals surface area (Å²) in [7, 11) is 0. The Morgan fingerprint density at radius 3 is 2.80 bits per heavy atom. The Morgan fingerprint density at radius 1 is 1.25 bits per heavy atom. The van der Waals surface area contributed by atoms with Gasteiger partial charge in [0.1, 0.15) is 0 Å². The third-order valence-electron chi connectivity index (χ3n) is 5.11. The molecule has 108 valence electrons. The SMILES string of the molecule is CC1CCC(C(C)C)C(O)(c2cccc3[nH]ccc23)C1. The van der Waals surface area contributed by atoms with Crippen LogP contribution < -0.4 is 0 Å². The zero-order chi connectivity index (χ0) is 14.3. The van der Waals surface area contributed by atoms with Gasteiger partial charge in [-0.2, -0.15) is 0 Å². The average Bonchev–Trinajstić information content (AvgIpc) is 2.85. The monoisotopic (exact) mass is 271 g/mol. The second-order valence-corrected chi connectivity index (χ2v) is 6.91. The lowest BCUT2D eigenvalue weighted by Crippen LogP contribution is -2.43. The van der Waals surface area contributed by atoms with Crippen LogP contribution in [0.15, 0.2) is 30.5 Å². The van der Waals surface area contributed by atoms with E-state index < -0.39 is 5.60 Å². The van der Waals surface area contributed by atoms with Gasteiger partial charge in [-0.05, 0) is 48.3 Å². The number of fused-ring (bicyclic) bond motifs is 1. The van der Waals surface area contributed by atoms with E-state index in [4.69, 9.17) is 0 Å². The van der Waals surface area contributed by atoms with E-state index in [1.165, 1.54) is 11.8 Å². The standard InChI is InChI=1S/C18H25NO/c1-12(2)15-8-7-13(3)11-18(15,20)16-5-4-6-17-14(16)9-10-19-17/h4-6,9-10,12-13,15,19-20H,7-8,11H2,1-3H3. The Kier molecular flexibility index (Phi) is 3.37. The van der Waals surface area contributed by atoms with Crippen molar-refractivity contribution in [3.63, 3.8) is 0 Å². The molecule has 0 aliphatic heterocycles. The van der Waals surface area contributed by atoms with Crippen LogP contribution in [0.3, 0.4) is 0 Å². The minimum atomic E-state index is -0.687. The highest BCUT2D eigenvalue weighted by Gasteiger charge is 2.44. The quantitative estimate of drug-likeness (QED) is 0.832. The minimum Gasteiger partial charge on any atom is -0.385 e. The average molecular weight is 271 g/mol. The number of benzene rings is 1. The van der Waals surface area contributed by atoms with E-state index in [0.29, 0.717) is 17.8 Å². The predicted octanol–water partition coefficient (Wildman–Crippen LogP) is 4.45. The van der Waals surface area contributed by atoms with Crippen molar-refractivity contribution in [1.29, 1.82) is 0 Å². The van der Waals surface area contributed by atoms with E-state index in [0.717, 1.165) is 23.9 Å². The van der Waals surface area contributed by atoms with Gasteiger partial charge in [-0.25, -0.2) is 0 Å². The molecule has 2 N–H and O–H groups in total. The molecule has 20 heavy (non-hydrogen) atoms. The Labute approximate surface area is 121 Å². The normalized spacial score (nSPS) is 31.1. The molecule has 0 radical (unpaired) electrons. The summed E-state index contributed by atoms with van der Waals surface area (Å²) in [5.41, 5.74) is 1.55. The molecule has 0 amide bonds. The molecule has 1 fully saturated rings. The summed E-state index contributed by atoms with van der Waals surface area (Å²) in [6, 6.07) is 8.35. The zero-order valence-electron chi connectivity index (χ0n) is 12.7. The first-order valence-electron chi connectivity index (χ1n) is 7.81. The molecule has 2 heteroatoms. The van der Waals surface area contributed by atoms with Gasteiger partial charge in [0, 0.05) is 17.1 Å². The van der Waals surface area contributed by atoms with Crippen molar-refractivity contribution in [3.05, 3.63) is 36.0 Å².